The second kappa shape index (κ2) is 4.90. The van der Waals surface area contributed by atoms with E-state index in [1.165, 1.54) is 4.57 Å². The Labute approximate surface area is 115 Å². The Balaban J connectivity index is 2.14. The van der Waals surface area contributed by atoms with Crippen molar-refractivity contribution < 1.29 is 4.74 Å². The first-order valence-corrected chi connectivity index (χ1v) is 6.94. The monoisotopic (exact) mass is 278 g/mol. The summed E-state index contributed by atoms with van der Waals surface area (Å²) in [6, 6.07) is 0. The topological polar surface area (TPSA) is 92.8 Å². The van der Waals surface area contributed by atoms with Crippen LogP contribution in [-0.4, -0.2) is 32.2 Å². The minimum Gasteiger partial charge on any atom is -0.378 e. The van der Waals surface area contributed by atoms with E-state index in [-0.39, 0.29) is 12.0 Å². The van der Waals surface area contributed by atoms with Crippen molar-refractivity contribution in [3.05, 3.63) is 26.7 Å². The molecule has 1 fully saturated rings. The molecule has 2 N–H and O–H groups in total. The molecule has 20 heavy (non-hydrogen) atoms. The molecule has 7 heteroatoms. The van der Waals surface area contributed by atoms with Crippen LogP contribution >= 0.6 is 0 Å². The number of nitrogens with zero attached hydrogens (tertiary/aromatic N) is 2. The number of aromatic amines is 2. The van der Waals surface area contributed by atoms with Gasteiger partial charge in [-0.3, -0.25) is 14.3 Å². The van der Waals surface area contributed by atoms with Crippen LogP contribution in [0, 0.1) is 0 Å². The van der Waals surface area contributed by atoms with E-state index in [1.54, 1.807) is 0 Å². The second-order valence-electron chi connectivity index (χ2n) is 5.31. The predicted octanol–water partition coefficient (Wildman–Crippen LogP) is 0.715. The van der Waals surface area contributed by atoms with E-state index in [2.05, 4.69) is 15.0 Å². The van der Waals surface area contributed by atoms with Gasteiger partial charge in [-0.05, 0) is 19.8 Å². The fraction of sp³-hybridized carbons (Fsp3) is 0.615. The highest BCUT2D eigenvalue weighted by Crippen LogP contribution is 2.27. The maximum Gasteiger partial charge on any atom is 0.330 e. The fourth-order valence-electron chi connectivity index (χ4n) is 2.69. The Bertz CT molecular complexity index is 742. The van der Waals surface area contributed by atoms with E-state index < -0.39 is 11.2 Å². The van der Waals surface area contributed by atoms with Crippen molar-refractivity contribution in [3.63, 3.8) is 0 Å². The van der Waals surface area contributed by atoms with Crippen molar-refractivity contribution in [3.8, 4) is 0 Å². The van der Waals surface area contributed by atoms with Gasteiger partial charge >= 0.3 is 5.69 Å². The molecule has 7 nitrogen and oxygen atoms in total. The molecule has 2 atom stereocenters. The van der Waals surface area contributed by atoms with Crippen LogP contribution in [0.4, 0.5) is 0 Å². The number of hydrogen-bond acceptors (Lipinski definition) is 4. The lowest BCUT2D eigenvalue weighted by atomic mass is 10.1. The second-order valence-corrected chi connectivity index (χ2v) is 5.31. The molecule has 0 amide bonds. The standard InChI is InChI=1S/C13H18N4O3/c1-3-4-17-11-9(12(18)16-13(17)19)14-10(15-11)8-5-7(2)20-6-8/h7-8H,3-6H2,1-2H3,(H,14,15)(H,16,18,19). The summed E-state index contributed by atoms with van der Waals surface area (Å²) in [6.45, 7) is 5.12. The van der Waals surface area contributed by atoms with Gasteiger partial charge < -0.3 is 9.72 Å². The van der Waals surface area contributed by atoms with Gasteiger partial charge in [0.1, 0.15) is 11.3 Å². The Morgan fingerprint density at radius 1 is 1.40 bits per heavy atom. The van der Waals surface area contributed by atoms with E-state index in [4.69, 9.17) is 4.74 Å². The summed E-state index contributed by atoms with van der Waals surface area (Å²) in [6.07, 6.45) is 1.87. The maximum absolute atomic E-state index is 11.9. The zero-order chi connectivity index (χ0) is 14.3. The van der Waals surface area contributed by atoms with Gasteiger partial charge in [-0.15, -0.1) is 0 Å². The number of aryl methyl sites for hydroxylation is 1. The van der Waals surface area contributed by atoms with Gasteiger partial charge in [0.25, 0.3) is 5.56 Å². The van der Waals surface area contributed by atoms with Gasteiger partial charge in [0.05, 0.1) is 12.7 Å². The van der Waals surface area contributed by atoms with Gasteiger partial charge in [-0.25, -0.2) is 9.78 Å². The maximum atomic E-state index is 11.9. The summed E-state index contributed by atoms with van der Waals surface area (Å²) in [5, 5.41) is 0. The highest BCUT2D eigenvalue weighted by molar-refractivity contribution is 5.69. The van der Waals surface area contributed by atoms with Gasteiger partial charge in [0.15, 0.2) is 5.65 Å². The minimum atomic E-state index is -0.414. The van der Waals surface area contributed by atoms with Crippen LogP contribution in [0.25, 0.3) is 11.2 Å². The molecule has 1 saturated heterocycles. The average Bonchev–Trinajstić information content (AvgIpc) is 3.00. The van der Waals surface area contributed by atoms with Crippen molar-refractivity contribution in [2.24, 2.45) is 0 Å². The Morgan fingerprint density at radius 3 is 2.85 bits per heavy atom. The molecule has 0 aromatic carbocycles. The third kappa shape index (κ3) is 2.07. The lowest BCUT2D eigenvalue weighted by Gasteiger charge is -2.03. The van der Waals surface area contributed by atoms with E-state index >= 15 is 0 Å². The van der Waals surface area contributed by atoms with Crippen LogP contribution < -0.4 is 11.2 Å². The van der Waals surface area contributed by atoms with Crippen molar-refractivity contribution >= 4 is 11.2 Å². The first-order valence-electron chi connectivity index (χ1n) is 6.94. The van der Waals surface area contributed by atoms with Crippen LogP contribution in [0.2, 0.25) is 0 Å². The fourth-order valence-corrected chi connectivity index (χ4v) is 2.69. The van der Waals surface area contributed by atoms with Crippen molar-refractivity contribution in [2.75, 3.05) is 6.61 Å². The Kier molecular flexibility index (Phi) is 3.21. The minimum absolute atomic E-state index is 0.155. The van der Waals surface area contributed by atoms with Crippen LogP contribution in [0.15, 0.2) is 9.59 Å². The van der Waals surface area contributed by atoms with Crippen molar-refractivity contribution in [1.82, 2.24) is 19.5 Å². The number of aromatic nitrogens is 4. The summed E-state index contributed by atoms with van der Waals surface area (Å²) in [5.74, 6) is 0.882. The number of rotatable bonds is 3. The molecule has 0 radical (unpaired) electrons. The molecule has 3 heterocycles. The third-order valence-corrected chi connectivity index (χ3v) is 3.68. The molecule has 0 spiro atoms. The zero-order valence-electron chi connectivity index (χ0n) is 11.6. The number of nitrogens with one attached hydrogen (secondary N) is 2. The van der Waals surface area contributed by atoms with E-state index in [0.29, 0.717) is 24.3 Å². The summed E-state index contributed by atoms with van der Waals surface area (Å²) in [4.78, 5) is 33.6. The normalized spacial score (nSPS) is 22.7. The quantitative estimate of drug-likeness (QED) is 0.865. The smallest absolute Gasteiger partial charge is 0.330 e. The van der Waals surface area contributed by atoms with Crippen molar-refractivity contribution in [1.29, 1.82) is 0 Å². The lowest BCUT2D eigenvalue weighted by molar-refractivity contribution is 0.123. The van der Waals surface area contributed by atoms with Crippen LogP contribution in [0.3, 0.4) is 0 Å². The number of fused-ring (bicyclic) bond motifs is 1. The van der Waals surface area contributed by atoms with Crippen LogP contribution in [-0.2, 0) is 11.3 Å². The SMILES string of the molecule is CCCn1c(=O)[nH]c(=O)c2[nH]c(C3COC(C)C3)nc21. The highest BCUT2D eigenvalue weighted by atomic mass is 16.5. The molecule has 2 aromatic heterocycles. The first kappa shape index (κ1) is 13.1. The number of hydrogen-bond donors (Lipinski definition) is 2. The molecule has 0 bridgehead atoms. The molecule has 0 saturated carbocycles. The molecule has 0 aliphatic carbocycles. The van der Waals surface area contributed by atoms with Crippen LogP contribution in [0.5, 0.6) is 0 Å². The molecule has 2 unspecified atom stereocenters. The van der Waals surface area contributed by atoms with Gasteiger partial charge in [-0.2, -0.15) is 0 Å². The molecular weight excluding hydrogens is 260 g/mol. The summed E-state index contributed by atoms with van der Waals surface area (Å²) >= 11 is 0. The Hall–Kier alpha value is -1.89. The molecule has 1 aliphatic rings. The summed E-state index contributed by atoms with van der Waals surface area (Å²) < 4.78 is 7.04. The number of ether oxygens (including phenoxy) is 1. The van der Waals surface area contributed by atoms with E-state index in [0.717, 1.165) is 18.7 Å². The summed E-state index contributed by atoms with van der Waals surface area (Å²) in [5.41, 5.74) is -0.00994. The van der Waals surface area contributed by atoms with E-state index in [1.807, 2.05) is 13.8 Å². The number of H-pyrrole nitrogens is 2. The molecular formula is C13H18N4O3. The zero-order valence-corrected chi connectivity index (χ0v) is 11.6. The average molecular weight is 278 g/mol. The molecule has 3 rings (SSSR count). The van der Waals surface area contributed by atoms with Gasteiger partial charge in [0, 0.05) is 12.5 Å². The van der Waals surface area contributed by atoms with E-state index in [9.17, 15) is 9.59 Å². The highest BCUT2D eigenvalue weighted by Gasteiger charge is 2.27. The van der Waals surface area contributed by atoms with Crippen molar-refractivity contribution in [2.45, 2.75) is 45.3 Å². The largest absolute Gasteiger partial charge is 0.378 e. The van der Waals surface area contributed by atoms with Gasteiger partial charge in [0.2, 0.25) is 0 Å². The molecule has 108 valence electrons. The predicted molar refractivity (Wildman–Crippen MR) is 74.0 cm³/mol. The summed E-state index contributed by atoms with van der Waals surface area (Å²) in [7, 11) is 0. The Morgan fingerprint density at radius 2 is 2.20 bits per heavy atom. The number of imidazole rings is 1. The molecule has 2 aromatic rings. The lowest BCUT2D eigenvalue weighted by Crippen LogP contribution is -2.30. The van der Waals surface area contributed by atoms with Gasteiger partial charge in [-0.1, -0.05) is 6.92 Å². The molecule has 1 aliphatic heterocycles. The first-order chi connectivity index (χ1) is 9.60. The van der Waals surface area contributed by atoms with Crippen LogP contribution in [0.1, 0.15) is 38.4 Å². The third-order valence-electron chi connectivity index (χ3n) is 3.68.